The molecule has 0 radical (unpaired) electrons. The highest BCUT2D eigenvalue weighted by Gasteiger charge is 2.26. The van der Waals surface area contributed by atoms with Gasteiger partial charge in [-0.15, -0.1) is 0 Å². The van der Waals surface area contributed by atoms with Crippen LogP contribution in [-0.2, 0) is 21.9 Å². The van der Waals surface area contributed by atoms with Crippen LogP contribution in [0.3, 0.4) is 0 Å². The number of para-hydroxylation sites is 1. The van der Waals surface area contributed by atoms with E-state index in [0.717, 1.165) is 10.6 Å². The number of nitrogens with zero attached hydrogens (tertiary/aromatic N) is 3. The summed E-state index contributed by atoms with van der Waals surface area (Å²) in [6, 6.07) is 13.5. The van der Waals surface area contributed by atoms with E-state index in [2.05, 4.69) is 5.32 Å². The number of sulfonamides is 1. The zero-order chi connectivity index (χ0) is 24.3. The molecule has 0 spiro atoms. The van der Waals surface area contributed by atoms with Crippen molar-refractivity contribution in [2.75, 3.05) is 36.6 Å². The molecule has 0 aliphatic rings. The number of ether oxygens (including phenoxy) is 2. The van der Waals surface area contributed by atoms with Crippen molar-refractivity contribution in [2.24, 2.45) is 7.05 Å². The molecule has 1 aromatic heterocycles. The number of rotatable bonds is 8. The van der Waals surface area contributed by atoms with Gasteiger partial charge >= 0.3 is 0 Å². The predicted octanol–water partition coefficient (Wildman–Crippen LogP) is 1.91. The molecule has 0 aliphatic carbocycles. The van der Waals surface area contributed by atoms with Crippen LogP contribution in [0.15, 0.2) is 53.3 Å². The molecule has 3 rings (SSSR count). The summed E-state index contributed by atoms with van der Waals surface area (Å²) >= 11 is 0. The van der Waals surface area contributed by atoms with Gasteiger partial charge in [-0.1, -0.05) is 18.2 Å². The maximum Gasteiger partial charge on any atom is 0.295 e. The maximum absolute atomic E-state index is 13.0. The lowest BCUT2D eigenvalue weighted by Crippen LogP contribution is -2.38. The Morgan fingerprint density at radius 3 is 2.33 bits per heavy atom. The van der Waals surface area contributed by atoms with Crippen molar-refractivity contribution in [1.82, 2.24) is 9.36 Å². The molecule has 3 aromatic rings. The Kier molecular flexibility index (Phi) is 6.82. The number of hydrogen-bond donors (Lipinski definition) is 1. The fourth-order valence-corrected chi connectivity index (χ4v) is 4.25. The van der Waals surface area contributed by atoms with Crippen molar-refractivity contribution in [2.45, 2.75) is 6.92 Å². The molecule has 0 saturated heterocycles. The highest BCUT2D eigenvalue weighted by atomic mass is 32.2. The van der Waals surface area contributed by atoms with E-state index >= 15 is 0 Å². The zero-order valence-corrected chi connectivity index (χ0v) is 19.8. The highest BCUT2D eigenvalue weighted by Crippen LogP contribution is 2.33. The Labute approximate surface area is 192 Å². The molecule has 33 heavy (non-hydrogen) atoms. The first-order valence-corrected chi connectivity index (χ1v) is 11.8. The van der Waals surface area contributed by atoms with Crippen LogP contribution in [-0.4, -0.2) is 50.7 Å². The second kappa shape index (κ2) is 9.41. The van der Waals surface area contributed by atoms with Gasteiger partial charge in [-0.3, -0.25) is 18.6 Å². The van der Waals surface area contributed by atoms with E-state index in [1.54, 1.807) is 49.0 Å². The molecule has 0 bridgehead atoms. The summed E-state index contributed by atoms with van der Waals surface area (Å²) in [5, 5.41) is 2.58. The molecule has 11 heteroatoms. The first kappa shape index (κ1) is 23.9. The first-order chi connectivity index (χ1) is 15.6. The Hall–Kier alpha value is -3.73. The normalized spacial score (nSPS) is 11.2. The Balaban J connectivity index is 1.94. The van der Waals surface area contributed by atoms with Gasteiger partial charge in [0.15, 0.2) is 0 Å². The summed E-state index contributed by atoms with van der Waals surface area (Å²) in [6.45, 7) is 1.14. The molecular weight excluding hydrogens is 448 g/mol. The second-order valence-corrected chi connectivity index (χ2v) is 9.20. The number of benzene rings is 2. The van der Waals surface area contributed by atoms with Crippen molar-refractivity contribution in [1.29, 1.82) is 0 Å². The number of anilines is 2. The summed E-state index contributed by atoms with van der Waals surface area (Å²) < 4.78 is 39.4. The van der Waals surface area contributed by atoms with Crippen molar-refractivity contribution >= 4 is 27.3 Å². The van der Waals surface area contributed by atoms with Gasteiger partial charge in [0.05, 0.1) is 37.5 Å². The van der Waals surface area contributed by atoms with Crippen LogP contribution < -0.4 is 24.7 Å². The summed E-state index contributed by atoms with van der Waals surface area (Å²) in [5.41, 5.74) is 0.964. The average Bonchev–Trinajstić information content (AvgIpc) is 3.00. The number of hydrogen-bond acceptors (Lipinski definition) is 6. The lowest BCUT2D eigenvalue weighted by molar-refractivity contribution is -0.114. The number of carbonyl (C=O) groups excluding carboxylic acids is 1. The van der Waals surface area contributed by atoms with E-state index in [4.69, 9.17) is 9.47 Å². The van der Waals surface area contributed by atoms with Crippen LogP contribution >= 0.6 is 0 Å². The van der Waals surface area contributed by atoms with Crippen molar-refractivity contribution in [3.8, 4) is 17.2 Å². The fraction of sp³-hybridized carbons (Fsp3) is 0.273. The van der Waals surface area contributed by atoms with Crippen molar-refractivity contribution in [3.63, 3.8) is 0 Å². The number of amides is 1. The minimum Gasteiger partial charge on any atom is -0.497 e. The lowest BCUT2D eigenvalue weighted by atomic mass is 10.2. The number of nitrogens with one attached hydrogen (secondary N) is 1. The third kappa shape index (κ3) is 4.87. The molecule has 10 nitrogen and oxygen atoms in total. The highest BCUT2D eigenvalue weighted by molar-refractivity contribution is 7.92. The summed E-state index contributed by atoms with van der Waals surface area (Å²) in [4.78, 5) is 25.9. The monoisotopic (exact) mass is 474 g/mol. The predicted molar refractivity (Wildman–Crippen MR) is 126 cm³/mol. The maximum atomic E-state index is 13.0. The minimum absolute atomic E-state index is 0.0708. The molecule has 176 valence electrons. The van der Waals surface area contributed by atoms with Crippen molar-refractivity contribution in [3.05, 3.63) is 64.6 Å². The third-order valence-corrected chi connectivity index (χ3v) is 6.29. The topological polar surface area (TPSA) is 112 Å². The second-order valence-electron chi connectivity index (χ2n) is 7.29. The van der Waals surface area contributed by atoms with Crippen LogP contribution in [0.5, 0.6) is 11.5 Å². The quantitative estimate of drug-likeness (QED) is 0.534. The van der Waals surface area contributed by atoms with E-state index in [0.29, 0.717) is 17.1 Å². The summed E-state index contributed by atoms with van der Waals surface area (Å²) in [7, 11) is 0.698. The van der Waals surface area contributed by atoms with Crippen LogP contribution in [0, 0.1) is 6.92 Å². The van der Waals surface area contributed by atoms with Gasteiger partial charge in [0, 0.05) is 13.1 Å². The SMILES string of the molecule is COc1ccc(N(CC(=O)Nc2c(C)n(C)n(-c3ccccc3)c2=O)S(C)(=O)=O)c(OC)c1. The van der Waals surface area contributed by atoms with Gasteiger partial charge in [-0.05, 0) is 31.2 Å². The average molecular weight is 475 g/mol. The van der Waals surface area contributed by atoms with Gasteiger partial charge in [-0.2, -0.15) is 0 Å². The fourth-order valence-electron chi connectivity index (χ4n) is 3.39. The largest absolute Gasteiger partial charge is 0.497 e. The van der Waals surface area contributed by atoms with Gasteiger partial charge in [-0.25, -0.2) is 13.1 Å². The molecule has 0 unspecified atom stereocenters. The smallest absolute Gasteiger partial charge is 0.295 e. The Morgan fingerprint density at radius 1 is 1.09 bits per heavy atom. The van der Waals surface area contributed by atoms with Crippen LogP contribution in [0.2, 0.25) is 0 Å². The third-order valence-electron chi connectivity index (χ3n) is 5.16. The van der Waals surface area contributed by atoms with E-state index < -0.39 is 28.0 Å². The lowest BCUT2D eigenvalue weighted by Gasteiger charge is -2.24. The van der Waals surface area contributed by atoms with Crippen LogP contribution in [0.4, 0.5) is 11.4 Å². The standard InChI is InChI=1S/C22H26N4O6S/c1-15-21(22(28)26(24(15)2)16-9-7-6-8-10-16)23-20(27)14-25(33(5,29)30)18-12-11-17(31-3)13-19(18)32-4/h6-13H,14H2,1-5H3,(H,23,27). The molecule has 1 heterocycles. The van der Waals surface area contributed by atoms with Gasteiger partial charge in [0.2, 0.25) is 15.9 Å². The van der Waals surface area contributed by atoms with Crippen LogP contribution in [0.25, 0.3) is 5.69 Å². The van der Waals surface area contributed by atoms with Crippen LogP contribution in [0.1, 0.15) is 5.69 Å². The number of methoxy groups -OCH3 is 2. The minimum atomic E-state index is -3.86. The molecule has 0 saturated carbocycles. The number of carbonyl (C=O) groups is 1. The molecular formula is C22H26N4O6S. The zero-order valence-electron chi connectivity index (χ0n) is 19.0. The van der Waals surface area contributed by atoms with E-state index in [1.807, 2.05) is 6.07 Å². The Bertz CT molecular complexity index is 1330. The van der Waals surface area contributed by atoms with Gasteiger partial charge in [0.25, 0.3) is 5.56 Å². The molecule has 1 N–H and O–H groups in total. The van der Waals surface area contributed by atoms with E-state index in [9.17, 15) is 18.0 Å². The van der Waals surface area contributed by atoms with Gasteiger partial charge < -0.3 is 14.8 Å². The molecule has 0 aliphatic heterocycles. The van der Waals surface area contributed by atoms with E-state index in [-0.39, 0.29) is 17.1 Å². The van der Waals surface area contributed by atoms with Gasteiger partial charge in [0.1, 0.15) is 23.7 Å². The van der Waals surface area contributed by atoms with E-state index in [1.165, 1.54) is 31.0 Å². The number of aromatic nitrogens is 2. The molecule has 0 fully saturated rings. The van der Waals surface area contributed by atoms with Crippen molar-refractivity contribution < 1.29 is 22.7 Å². The first-order valence-electron chi connectivity index (χ1n) is 9.92. The molecule has 2 aromatic carbocycles. The summed E-state index contributed by atoms with van der Waals surface area (Å²) in [5.74, 6) is 0.00841. The summed E-state index contributed by atoms with van der Waals surface area (Å²) in [6.07, 6.45) is 0.986. The molecule has 0 atom stereocenters. The Morgan fingerprint density at radius 2 is 1.76 bits per heavy atom. The molecule has 1 amide bonds.